The fourth-order valence-electron chi connectivity index (χ4n) is 8.50. The number of oxazole rings is 1. The van der Waals surface area contributed by atoms with Crippen LogP contribution in [0.25, 0.3) is 77.5 Å². The number of aromatic nitrogens is 1. The van der Waals surface area contributed by atoms with Crippen molar-refractivity contribution in [3.8, 4) is 33.7 Å². The molecule has 54 heavy (non-hydrogen) atoms. The molecule has 0 spiro atoms. The lowest BCUT2D eigenvalue weighted by Crippen LogP contribution is -2.16. The average molecular weight is 695 g/mol. The van der Waals surface area contributed by atoms with E-state index in [-0.39, 0.29) is 5.41 Å². The van der Waals surface area contributed by atoms with Gasteiger partial charge in [-0.1, -0.05) is 111 Å². The van der Waals surface area contributed by atoms with Gasteiger partial charge in [0.2, 0.25) is 5.89 Å². The maximum absolute atomic E-state index is 6.61. The van der Waals surface area contributed by atoms with Crippen LogP contribution in [0.15, 0.2) is 179 Å². The highest BCUT2D eigenvalue weighted by Crippen LogP contribution is 2.51. The Balaban J connectivity index is 1.07. The number of fused-ring (bicyclic) bond motifs is 8. The van der Waals surface area contributed by atoms with Gasteiger partial charge in [-0.15, -0.1) is 0 Å². The van der Waals surface area contributed by atoms with Crippen molar-refractivity contribution in [3.63, 3.8) is 0 Å². The Labute approximate surface area is 312 Å². The number of benzene rings is 8. The minimum Gasteiger partial charge on any atom is -0.456 e. The summed E-state index contributed by atoms with van der Waals surface area (Å²) in [6.07, 6.45) is 0. The molecule has 0 amide bonds. The number of nitrogens with zero attached hydrogens (tertiary/aromatic N) is 2. The molecular weight excluding hydrogens is 661 g/mol. The molecule has 0 atom stereocenters. The van der Waals surface area contributed by atoms with Crippen LogP contribution < -0.4 is 4.90 Å². The van der Waals surface area contributed by atoms with E-state index in [1.54, 1.807) is 0 Å². The molecule has 1 aliphatic rings. The second-order valence-electron chi connectivity index (χ2n) is 14.8. The van der Waals surface area contributed by atoms with Crippen molar-refractivity contribution < 1.29 is 8.83 Å². The Hall–Kier alpha value is -6.91. The van der Waals surface area contributed by atoms with E-state index in [0.717, 1.165) is 55.6 Å². The smallest absolute Gasteiger partial charge is 0.227 e. The van der Waals surface area contributed by atoms with Gasteiger partial charge in [-0.05, 0) is 105 Å². The minimum atomic E-state index is -0.130. The van der Waals surface area contributed by atoms with E-state index in [0.29, 0.717) is 11.5 Å². The number of hydrogen-bond acceptors (Lipinski definition) is 4. The normalized spacial score (nSPS) is 13.1. The van der Waals surface area contributed by atoms with Crippen molar-refractivity contribution >= 4 is 60.9 Å². The lowest BCUT2D eigenvalue weighted by atomic mass is 9.82. The van der Waals surface area contributed by atoms with Crippen LogP contribution in [0.5, 0.6) is 0 Å². The van der Waals surface area contributed by atoms with Gasteiger partial charge in [0.25, 0.3) is 0 Å². The van der Waals surface area contributed by atoms with Crippen molar-refractivity contribution in [3.05, 3.63) is 181 Å². The third-order valence-corrected chi connectivity index (χ3v) is 11.3. The predicted octanol–water partition coefficient (Wildman–Crippen LogP) is 14.0. The molecular formula is C50H34N2O2. The average Bonchev–Trinajstić information content (AvgIpc) is 3.86. The van der Waals surface area contributed by atoms with E-state index in [1.807, 2.05) is 36.4 Å². The monoisotopic (exact) mass is 694 g/mol. The predicted molar refractivity (Wildman–Crippen MR) is 222 cm³/mol. The second kappa shape index (κ2) is 11.5. The van der Waals surface area contributed by atoms with Gasteiger partial charge >= 0.3 is 0 Å². The zero-order valence-electron chi connectivity index (χ0n) is 29.9. The van der Waals surface area contributed by atoms with Crippen LogP contribution in [0.4, 0.5) is 17.1 Å². The van der Waals surface area contributed by atoms with Gasteiger partial charge in [-0.3, -0.25) is 0 Å². The molecule has 4 heteroatoms. The van der Waals surface area contributed by atoms with Gasteiger partial charge in [0.15, 0.2) is 5.58 Å². The van der Waals surface area contributed by atoms with Gasteiger partial charge < -0.3 is 13.7 Å². The quantitative estimate of drug-likeness (QED) is 0.180. The van der Waals surface area contributed by atoms with Crippen LogP contribution in [0.2, 0.25) is 0 Å². The van der Waals surface area contributed by atoms with E-state index < -0.39 is 0 Å². The highest BCUT2D eigenvalue weighted by Gasteiger charge is 2.35. The summed E-state index contributed by atoms with van der Waals surface area (Å²) >= 11 is 0. The third kappa shape index (κ3) is 4.73. The first kappa shape index (κ1) is 30.7. The van der Waals surface area contributed by atoms with Gasteiger partial charge in [-0.2, -0.15) is 0 Å². The SMILES string of the molecule is CC1(C)c2ccccc2-c2ccc(N(c3cccc(-c4ccc5ccccc5c4)c3)c3ccc4c(c3)oc3cc5oc(-c6ccccc6)nc5cc34)cc21. The Morgan fingerprint density at radius 3 is 2.06 bits per heavy atom. The fourth-order valence-corrected chi connectivity index (χ4v) is 8.50. The van der Waals surface area contributed by atoms with Gasteiger partial charge in [0, 0.05) is 50.9 Å². The molecule has 0 N–H and O–H groups in total. The third-order valence-electron chi connectivity index (χ3n) is 11.3. The van der Waals surface area contributed by atoms with Crippen molar-refractivity contribution in [2.24, 2.45) is 0 Å². The van der Waals surface area contributed by atoms with Crippen LogP contribution in [-0.4, -0.2) is 4.98 Å². The van der Waals surface area contributed by atoms with Crippen LogP contribution in [-0.2, 0) is 5.41 Å². The molecule has 2 aromatic heterocycles. The number of anilines is 3. The summed E-state index contributed by atoms with van der Waals surface area (Å²) in [5, 5.41) is 4.51. The summed E-state index contributed by atoms with van der Waals surface area (Å²) in [5.41, 5.74) is 14.7. The zero-order chi connectivity index (χ0) is 36.0. The second-order valence-corrected chi connectivity index (χ2v) is 14.8. The molecule has 2 heterocycles. The molecule has 10 aromatic rings. The van der Waals surface area contributed by atoms with E-state index in [4.69, 9.17) is 13.8 Å². The molecule has 0 bridgehead atoms. The first-order valence-electron chi connectivity index (χ1n) is 18.4. The molecule has 256 valence electrons. The first-order chi connectivity index (χ1) is 26.5. The fraction of sp³-hybridized carbons (Fsp3) is 0.0600. The van der Waals surface area contributed by atoms with Crippen molar-refractivity contribution in [1.29, 1.82) is 0 Å². The largest absolute Gasteiger partial charge is 0.456 e. The summed E-state index contributed by atoms with van der Waals surface area (Å²) in [7, 11) is 0. The molecule has 4 nitrogen and oxygen atoms in total. The maximum Gasteiger partial charge on any atom is 0.227 e. The maximum atomic E-state index is 6.61. The lowest BCUT2D eigenvalue weighted by Gasteiger charge is -2.28. The number of hydrogen-bond donors (Lipinski definition) is 0. The highest BCUT2D eigenvalue weighted by atomic mass is 16.4. The molecule has 1 aliphatic carbocycles. The molecule has 0 aliphatic heterocycles. The molecule has 0 unspecified atom stereocenters. The molecule has 0 fully saturated rings. The molecule has 0 saturated carbocycles. The molecule has 8 aromatic carbocycles. The topological polar surface area (TPSA) is 42.4 Å². The first-order valence-corrected chi connectivity index (χ1v) is 18.4. The van der Waals surface area contributed by atoms with Gasteiger partial charge in [-0.25, -0.2) is 4.98 Å². The summed E-state index contributed by atoms with van der Waals surface area (Å²) in [5.74, 6) is 0.604. The van der Waals surface area contributed by atoms with Crippen LogP contribution in [0, 0.1) is 0 Å². The number of rotatable bonds is 5. The zero-order valence-corrected chi connectivity index (χ0v) is 29.9. The molecule has 0 saturated heterocycles. The number of furan rings is 1. The van der Waals surface area contributed by atoms with Gasteiger partial charge in [0.1, 0.15) is 16.7 Å². The van der Waals surface area contributed by atoms with E-state index in [2.05, 4.69) is 152 Å². The van der Waals surface area contributed by atoms with Gasteiger partial charge in [0.05, 0.1) is 0 Å². The minimum absolute atomic E-state index is 0.130. The highest BCUT2D eigenvalue weighted by molar-refractivity contribution is 6.10. The standard InChI is InChI=1S/C50H34N2O2/c1-50(2)43-18-9-8-17-39(43)40-23-21-37(27-44(40)50)52(36-16-10-15-34(26-36)35-20-19-31-11-6-7-14-33(31)25-35)38-22-24-41-42-29-45-48(30-47(42)53-46(41)28-38)54-49(51-45)32-12-4-3-5-13-32/h3-30H,1-2H3. The van der Waals surface area contributed by atoms with Crippen LogP contribution in [0.3, 0.4) is 0 Å². The Bertz CT molecular complexity index is 3100. The Morgan fingerprint density at radius 2 is 1.15 bits per heavy atom. The van der Waals surface area contributed by atoms with E-state index >= 15 is 0 Å². The van der Waals surface area contributed by atoms with Crippen molar-refractivity contribution in [2.75, 3.05) is 4.90 Å². The summed E-state index contributed by atoms with van der Waals surface area (Å²) in [4.78, 5) is 7.19. The van der Waals surface area contributed by atoms with Crippen molar-refractivity contribution in [1.82, 2.24) is 4.98 Å². The summed E-state index contributed by atoms with van der Waals surface area (Å²) < 4.78 is 12.8. The molecule has 0 radical (unpaired) electrons. The van der Waals surface area contributed by atoms with Crippen LogP contribution in [0.1, 0.15) is 25.0 Å². The van der Waals surface area contributed by atoms with E-state index in [9.17, 15) is 0 Å². The molecule has 11 rings (SSSR count). The summed E-state index contributed by atoms with van der Waals surface area (Å²) in [6, 6.07) is 60.4. The Kier molecular flexibility index (Phi) is 6.56. The van der Waals surface area contributed by atoms with Crippen LogP contribution >= 0.6 is 0 Å². The van der Waals surface area contributed by atoms with E-state index in [1.165, 1.54) is 38.6 Å². The van der Waals surface area contributed by atoms with Crippen molar-refractivity contribution in [2.45, 2.75) is 19.3 Å². The summed E-state index contributed by atoms with van der Waals surface area (Å²) in [6.45, 7) is 4.67. The Morgan fingerprint density at radius 1 is 0.444 bits per heavy atom. The lowest BCUT2D eigenvalue weighted by molar-refractivity contribution is 0.617.